The number of nitrogens with one attached hydrogen (secondary N) is 1. The Balaban J connectivity index is 2.06. The van der Waals surface area contributed by atoms with Gasteiger partial charge >= 0.3 is 5.97 Å². The van der Waals surface area contributed by atoms with Gasteiger partial charge in [-0.1, -0.05) is 5.16 Å². The zero-order chi connectivity index (χ0) is 13.8. The second kappa shape index (κ2) is 5.49. The summed E-state index contributed by atoms with van der Waals surface area (Å²) in [5.41, 5.74) is 0. The quantitative estimate of drug-likeness (QED) is 0.838. The number of anilines is 1. The molecule has 2 rings (SSSR count). The third-order valence-electron chi connectivity index (χ3n) is 2.11. The maximum atomic E-state index is 11.9. The summed E-state index contributed by atoms with van der Waals surface area (Å²) < 4.78 is 4.83. The van der Waals surface area contributed by atoms with E-state index in [4.69, 9.17) is 9.63 Å². The lowest BCUT2D eigenvalue weighted by Gasteiger charge is -1.96. The fraction of sp³-hybridized carbons (Fsp3) is 0.0833. The molecular formula is C12H10N2O4S. The molecule has 0 unspecified atom stereocenters. The van der Waals surface area contributed by atoms with E-state index in [1.54, 1.807) is 25.1 Å². The van der Waals surface area contributed by atoms with Gasteiger partial charge in [-0.05, 0) is 25.1 Å². The van der Waals surface area contributed by atoms with Crippen molar-refractivity contribution in [1.29, 1.82) is 0 Å². The number of thiophene rings is 1. The van der Waals surface area contributed by atoms with Gasteiger partial charge in [0.2, 0.25) is 0 Å². The van der Waals surface area contributed by atoms with E-state index < -0.39 is 5.97 Å². The van der Waals surface area contributed by atoms with E-state index in [9.17, 15) is 9.59 Å². The third kappa shape index (κ3) is 3.52. The van der Waals surface area contributed by atoms with Crippen molar-refractivity contribution < 1.29 is 19.2 Å². The number of aliphatic carboxylic acids is 1. The molecule has 0 spiro atoms. The number of carboxylic acids is 1. The molecule has 2 aromatic heterocycles. The molecular weight excluding hydrogens is 268 g/mol. The lowest BCUT2D eigenvalue weighted by atomic mass is 10.4. The Hall–Kier alpha value is -2.41. The van der Waals surface area contributed by atoms with Crippen molar-refractivity contribution in [1.82, 2.24) is 5.16 Å². The summed E-state index contributed by atoms with van der Waals surface area (Å²) in [7, 11) is 0. The van der Waals surface area contributed by atoms with E-state index in [0.717, 1.165) is 6.08 Å². The SMILES string of the molecule is Cc1cc(NC(=O)c2ccc(C=CC(=O)O)s2)no1. The van der Waals surface area contributed by atoms with E-state index in [1.807, 2.05) is 0 Å². The molecule has 6 nitrogen and oxygen atoms in total. The van der Waals surface area contributed by atoms with Gasteiger partial charge in [-0.3, -0.25) is 4.79 Å². The van der Waals surface area contributed by atoms with Gasteiger partial charge in [-0.25, -0.2) is 4.79 Å². The predicted octanol–water partition coefficient (Wildman–Crippen LogP) is 2.39. The molecule has 0 saturated carbocycles. The van der Waals surface area contributed by atoms with Gasteiger partial charge in [0.1, 0.15) is 5.76 Å². The number of hydrogen-bond acceptors (Lipinski definition) is 5. The number of aromatic nitrogens is 1. The van der Waals surface area contributed by atoms with Crippen molar-refractivity contribution in [3.8, 4) is 0 Å². The Bertz CT molecular complexity index is 642. The Kier molecular flexibility index (Phi) is 3.76. The van der Waals surface area contributed by atoms with Crippen LogP contribution < -0.4 is 5.32 Å². The molecule has 0 aliphatic heterocycles. The maximum absolute atomic E-state index is 11.9. The fourth-order valence-electron chi connectivity index (χ4n) is 1.32. The molecule has 19 heavy (non-hydrogen) atoms. The van der Waals surface area contributed by atoms with Gasteiger partial charge in [0, 0.05) is 17.0 Å². The fourth-order valence-corrected chi connectivity index (χ4v) is 2.13. The summed E-state index contributed by atoms with van der Waals surface area (Å²) in [4.78, 5) is 23.4. The van der Waals surface area contributed by atoms with Gasteiger partial charge in [-0.2, -0.15) is 0 Å². The van der Waals surface area contributed by atoms with Crippen molar-refractivity contribution in [3.05, 3.63) is 39.8 Å². The summed E-state index contributed by atoms with van der Waals surface area (Å²) in [5, 5.41) is 14.7. The topological polar surface area (TPSA) is 92.4 Å². The minimum absolute atomic E-state index is 0.312. The Morgan fingerprint density at radius 3 is 2.89 bits per heavy atom. The van der Waals surface area contributed by atoms with E-state index in [-0.39, 0.29) is 5.91 Å². The van der Waals surface area contributed by atoms with Crippen molar-refractivity contribution >= 4 is 35.1 Å². The first-order valence-electron chi connectivity index (χ1n) is 5.30. The van der Waals surface area contributed by atoms with Gasteiger partial charge in [-0.15, -0.1) is 11.3 Å². The molecule has 0 aromatic carbocycles. The highest BCUT2D eigenvalue weighted by molar-refractivity contribution is 7.15. The average Bonchev–Trinajstić information content (AvgIpc) is 2.95. The van der Waals surface area contributed by atoms with Crippen molar-refractivity contribution in [2.45, 2.75) is 6.92 Å². The van der Waals surface area contributed by atoms with Gasteiger partial charge < -0.3 is 14.9 Å². The van der Waals surface area contributed by atoms with Crippen LogP contribution in [0.4, 0.5) is 5.82 Å². The Morgan fingerprint density at radius 2 is 2.26 bits per heavy atom. The molecule has 2 aromatic rings. The average molecular weight is 278 g/mol. The number of amides is 1. The number of hydrogen-bond donors (Lipinski definition) is 2. The molecule has 0 aliphatic rings. The van der Waals surface area contributed by atoms with E-state index in [1.165, 1.54) is 17.4 Å². The first kappa shape index (κ1) is 13.0. The van der Waals surface area contributed by atoms with E-state index >= 15 is 0 Å². The van der Waals surface area contributed by atoms with Gasteiger partial charge in [0.15, 0.2) is 5.82 Å². The van der Waals surface area contributed by atoms with Crippen LogP contribution in [-0.4, -0.2) is 22.1 Å². The number of aryl methyl sites for hydroxylation is 1. The van der Waals surface area contributed by atoms with Crippen LogP contribution in [0.1, 0.15) is 20.3 Å². The second-order valence-corrected chi connectivity index (χ2v) is 4.77. The molecule has 1 amide bonds. The minimum Gasteiger partial charge on any atom is -0.478 e. The molecule has 0 atom stereocenters. The lowest BCUT2D eigenvalue weighted by molar-refractivity contribution is -0.131. The van der Waals surface area contributed by atoms with Gasteiger partial charge in [0.05, 0.1) is 4.88 Å². The zero-order valence-electron chi connectivity index (χ0n) is 9.91. The van der Waals surface area contributed by atoms with Crippen LogP contribution in [0.15, 0.2) is 28.8 Å². The number of nitrogens with zero attached hydrogens (tertiary/aromatic N) is 1. The van der Waals surface area contributed by atoms with Crippen LogP contribution in [0.3, 0.4) is 0 Å². The largest absolute Gasteiger partial charge is 0.478 e. The number of carbonyl (C=O) groups is 2. The predicted molar refractivity (Wildman–Crippen MR) is 70.2 cm³/mol. The number of rotatable bonds is 4. The van der Waals surface area contributed by atoms with Crippen molar-refractivity contribution in [2.75, 3.05) is 5.32 Å². The summed E-state index contributed by atoms with van der Waals surface area (Å²) in [5.74, 6) is -0.393. The molecule has 2 N–H and O–H groups in total. The monoisotopic (exact) mass is 278 g/mol. The summed E-state index contributed by atoms with van der Waals surface area (Å²) in [6.07, 6.45) is 2.46. The Labute approximate surface area is 112 Å². The molecule has 7 heteroatoms. The Morgan fingerprint density at radius 1 is 1.47 bits per heavy atom. The number of carboxylic acid groups (broad SMARTS) is 1. The smallest absolute Gasteiger partial charge is 0.328 e. The molecule has 98 valence electrons. The van der Waals surface area contributed by atoms with Crippen LogP contribution in [-0.2, 0) is 4.79 Å². The second-order valence-electron chi connectivity index (χ2n) is 3.65. The first-order valence-corrected chi connectivity index (χ1v) is 6.12. The zero-order valence-corrected chi connectivity index (χ0v) is 10.7. The normalized spacial score (nSPS) is 10.8. The lowest BCUT2D eigenvalue weighted by Crippen LogP contribution is -2.10. The van der Waals surface area contributed by atoms with Gasteiger partial charge in [0.25, 0.3) is 5.91 Å². The summed E-state index contributed by atoms with van der Waals surface area (Å²) in [6, 6.07) is 4.90. The highest BCUT2D eigenvalue weighted by Crippen LogP contribution is 2.19. The number of carbonyl (C=O) groups excluding carboxylic acids is 1. The molecule has 0 bridgehead atoms. The maximum Gasteiger partial charge on any atom is 0.328 e. The summed E-state index contributed by atoms with van der Waals surface area (Å²) in [6.45, 7) is 1.72. The van der Waals surface area contributed by atoms with E-state index in [2.05, 4.69) is 10.5 Å². The molecule has 0 saturated heterocycles. The third-order valence-corrected chi connectivity index (χ3v) is 3.16. The van der Waals surface area contributed by atoms with Crippen LogP contribution in [0.2, 0.25) is 0 Å². The van der Waals surface area contributed by atoms with E-state index in [0.29, 0.717) is 21.3 Å². The van der Waals surface area contributed by atoms with Crippen LogP contribution >= 0.6 is 11.3 Å². The highest BCUT2D eigenvalue weighted by Gasteiger charge is 2.10. The standard InChI is InChI=1S/C12H10N2O4S/c1-7-6-10(14-18-7)13-12(17)9-4-2-8(19-9)3-5-11(15)16/h2-6H,1H3,(H,15,16)(H,13,14,17). The highest BCUT2D eigenvalue weighted by atomic mass is 32.1. The minimum atomic E-state index is -1.03. The molecule has 0 aliphatic carbocycles. The summed E-state index contributed by atoms with van der Waals surface area (Å²) >= 11 is 1.19. The van der Waals surface area contributed by atoms with Crippen LogP contribution in [0, 0.1) is 6.92 Å². The molecule has 0 fully saturated rings. The molecule has 2 heterocycles. The van der Waals surface area contributed by atoms with Crippen LogP contribution in [0.5, 0.6) is 0 Å². The van der Waals surface area contributed by atoms with Crippen molar-refractivity contribution in [2.24, 2.45) is 0 Å². The first-order chi connectivity index (χ1) is 9.04. The van der Waals surface area contributed by atoms with Crippen molar-refractivity contribution in [3.63, 3.8) is 0 Å². The van der Waals surface area contributed by atoms with Crippen LogP contribution in [0.25, 0.3) is 6.08 Å². The molecule has 0 radical (unpaired) electrons.